The van der Waals surface area contributed by atoms with E-state index in [0.29, 0.717) is 5.78 Å². The Morgan fingerprint density at radius 1 is 1.29 bits per heavy atom. The van der Waals surface area contributed by atoms with Crippen LogP contribution >= 0.6 is 0 Å². The van der Waals surface area contributed by atoms with Crippen molar-refractivity contribution in [3.8, 4) is 0 Å². The molecule has 14 heavy (non-hydrogen) atoms. The summed E-state index contributed by atoms with van der Waals surface area (Å²) in [5.74, 6) is 0.589. The maximum atomic E-state index is 11.7. The van der Waals surface area contributed by atoms with E-state index >= 15 is 0 Å². The minimum absolute atomic E-state index is 0.0358. The zero-order valence-corrected chi connectivity index (χ0v) is 8.71. The summed E-state index contributed by atoms with van der Waals surface area (Å²) >= 11 is 0. The van der Waals surface area contributed by atoms with E-state index in [1.165, 1.54) is 0 Å². The molecule has 0 aromatic carbocycles. The molecule has 1 spiro atoms. The highest BCUT2D eigenvalue weighted by Gasteiger charge is 2.43. The highest BCUT2D eigenvalue weighted by atomic mass is 16.2. The number of nitrogens with zero attached hydrogens (tertiary/aromatic N) is 1. The average Bonchev–Trinajstić information content (AvgIpc) is 2.49. The Morgan fingerprint density at radius 3 is 2.36 bits per heavy atom. The Kier molecular flexibility index (Phi) is 2.33. The van der Waals surface area contributed by atoms with Gasteiger partial charge in [-0.1, -0.05) is 0 Å². The number of rotatable bonds is 0. The third-order valence-corrected chi connectivity index (χ3v) is 3.82. The lowest BCUT2D eigenvalue weighted by molar-refractivity contribution is -0.136. The fourth-order valence-corrected chi connectivity index (χ4v) is 2.77. The van der Waals surface area contributed by atoms with Crippen LogP contribution in [0, 0.1) is 5.41 Å². The molecule has 1 aliphatic carbocycles. The maximum absolute atomic E-state index is 11.7. The summed E-state index contributed by atoms with van der Waals surface area (Å²) in [5, 5.41) is 0. The summed E-state index contributed by atoms with van der Waals surface area (Å²) in [7, 11) is 0. The van der Waals surface area contributed by atoms with E-state index in [9.17, 15) is 9.59 Å². The summed E-state index contributed by atoms with van der Waals surface area (Å²) in [6.45, 7) is 3.16. The van der Waals surface area contributed by atoms with Gasteiger partial charge in [0.1, 0.15) is 5.78 Å². The number of piperidine rings is 1. The Hall–Kier alpha value is -0.860. The molecule has 1 amide bonds. The van der Waals surface area contributed by atoms with Crippen molar-refractivity contribution in [3.05, 3.63) is 0 Å². The molecule has 1 saturated heterocycles. The van der Waals surface area contributed by atoms with E-state index < -0.39 is 0 Å². The van der Waals surface area contributed by atoms with Crippen LogP contribution in [0.2, 0.25) is 0 Å². The number of amides is 1. The van der Waals surface area contributed by atoms with Crippen LogP contribution in [0.1, 0.15) is 39.0 Å². The molecule has 0 unspecified atom stereocenters. The van der Waals surface area contributed by atoms with Gasteiger partial charge in [-0.05, 0) is 25.7 Å². The Morgan fingerprint density at radius 2 is 1.93 bits per heavy atom. The second-order valence-corrected chi connectivity index (χ2v) is 4.56. The molecule has 1 saturated carbocycles. The van der Waals surface area contributed by atoms with Crippen molar-refractivity contribution in [2.75, 3.05) is 13.1 Å². The first kappa shape index (κ1) is 9.69. The number of likely N-dealkylation sites (tertiary alicyclic amines) is 1. The van der Waals surface area contributed by atoms with E-state index in [1.54, 1.807) is 6.92 Å². The van der Waals surface area contributed by atoms with Crippen molar-refractivity contribution in [2.45, 2.75) is 39.0 Å². The molecule has 2 aliphatic rings. The second kappa shape index (κ2) is 3.37. The fourth-order valence-electron chi connectivity index (χ4n) is 2.77. The predicted octanol–water partition coefficient (Wildman–Crippen LogP) is 1.37. The molecule has 0 radical (unpaired) electrons. The maximum Gasteiger partial charge on any atom is 0.219 e. The minimum atomic E-state index is -0.0358. The molecule has 1 heterocycles. The first-order valence-corrected chi connectivity index (χ1v) is 5.43. The van der Waals surface area contributed by atoms with Crippen LogP contribution in [-0.2, 0) is 9.59 Å². The fraction of sp³-hybridized carbons (Fsp3) is 0.818. The third-order valence-electron chi connectivity index (χ3n) is 3.82. The van der Waals surface area contributed by atoms with E-state index in [2.05, 4.69) is 0 Å². The van der Waals surface area contributed by atoms with Crippen LogP contribution in [0.3, 0.4) is 0 Å². The SMILES string of the molecule is CC(=O)N1CCC2(CCCC2=O)CC1. The minimum Gasteiger partial charge on any atom is -0.343 e. The molecule has 2 rings (SSSR count). The highest BCUT2D eigenvalue weighted by molar-refractivity contribution is 5.87. The van der Waals surface area contributed by atoms with Crippen molar-refractivity contribution in [1.82, 2.24) is 4.90 Å². The molecule has 0 bridgehead atoms. The standard InChI is InChI=1S/C11H17NO2/c1-9(13)12-7-5-11(6-8-12)4-2-3-10(11)14/h2-8H2,1H3. The van der Waals surface area contributed by atoms with Gasteiger partial charge in [0, 0.05) is 31.8 Å². The smallest absolute Gasteiger partial charge is 0.219 e. The van der Waals surface area contributed by atoms with Gasteiger partial charge in [0.15, 0.2) is 0 Å². The number of hydrogen-bond donors (Lipinski definition) is 0. The molecule has 0 N–H and O–H groups in total. The number of hydrogen-bond acceptors (Lipinski definition) is 2. The Labute approximate surface area is 84.5 Å². The number of carbonyl (C=O) groups excluding carboxylic acids is 2. The molecule has 2 fully saturated rings. The monoisotopic (exact) mass is 195 g/mol. The van der Waals surface area contributed by atoms with E-state index in [1.807, 2.05) is 4.90 Å². The highest BCUT2D eigenvalue weighted by Crippen LogP contribution is 2.43. The van der Waals surface area contributed by atoms with Crippen LogP contribution in [-0.4, -0.2) is 29.7 Å². The van der Waals surface area contributed by atoms with Gasteiger partial charge in [0.2, 0.25) is 5.91 Å². The summed E-state index contributed by atoms with van der Waals surface area (Å²) in [4.78, 5) is 24.7. The van der Waals surface area contributed by atoms with Gasteiger partial charge in [0.25, 0.3) is 0 Å². The van der Waals surface area contributed by atoms with Crippen molar-refractivity contribution in [3.63, 3.8) is 0 Å². The van der Waals surface area contributed by atoms with E-state index in [4.69, 9.17) is 0 Å². The normalized spacial score (nSPS) is 25.8. The quantitative estimate of drug-likeness (QED) is 0.585. The lowest BCUT2D eigenvalue weighted by atomic mass is 9.76. The van der Waals surface area contributed by atoms with Crippen molar-refractivity contribution in [1.29, 1.82) is 0 Å². The molecule has 3 heteroatoms. The van der Waals surface area contributed by atoms with Gasteiger partial charge in [-0.2, -0.15) is 0 Å². The van der Waals surface area contributed by atoms with Crippen LogP contribution in [0.15, 0.2) is 0 Å². The van der Waals surface area contributed by atoms with Gasteiger partial charge >= 0.3 is 0 Å². The lowest BCUT2D eigenvalue weighted by Gasteiger charge is -2.37. The Balaban J connectivity index is 2.01. The summed E-state index contributed by atoms with van der Waals surface area (Å²) in [5.41, 5.74) is -0.0358. The first-order valence-electron chi connectivity index (χ1n) is 5.43. The predicted molar refractivity (Wildman–Crippen MR) is 52.8 cm³/mol. The van der Waals surface area contributed by atoms with E-state index in [-0.39, 0.29) is 11.3 Å². The van der Waals surface area contributed by atoms with Crippen LogP contribution in [0.5, 0.6) is 0 Å². The van der Waals surface area contributed by atoms with Crippen molar-refractivity contribution >= 4 is 11.7 Å². The summed E-state index contributed by atoms with van der Waals surface area (Å²) < 4.78 is 0. The molecule has 1 aliphatic heterocycles. The van der Waals surface area contributed by atoms with Crippen LogP contribution < -0.4 is 0 Å². The van der Waals surface area contributed by atoms with E-state index in [0.717, 1.165) is 45.2 Å². The van der Waals surface area contributed by atoms with Crippen molar-refractivity contribution in [2.24, 2.45) is 5.41 Å². The van der Waals surface area contributed by atoms with Crippen molar-refractivity contribution < 1.29 is 9.59 Å². The third kappa shape index (κ3) is 1.45. The van der Waals surface area contributed by atoms with Crippen LogP contribution in [0.4, 0.5) is 0 Å². The molecule has 78 valence electrons. The topological polar surface area (TPSA) is 37.4 Å². The van der Waals surface area contributed by atoms with Gasteiger partial charge in [-0.3, -0.25) is 9.59 Å². The molecule has 3 nitrogen and oxygen atoms in total. The number of carbonyl (C=O) groups is 2. The second-order valence-electron chi connectivity index (χ2n) is 4.56. The van der Waals surface area contributed by atoms with Gasteiger partial charge in [-0.25, -0.2) is 0 Å². The van der Waals surface area contributed by atoms with Gasteiger partial charge in [0.05, 0.1) is 0 Å². The lowest BCUT2D eigenvalue weighted by Crippen LogP contribution is -2.43. The summed E-state index contributed by atoms with van der Waals surface area (Å²) in [6, 6.07) is 0. The zero-order valence-electron chi connectivity index (χ0n) is 8.71. The number of Topliss-reactive ketones (excluding diaryl/α,β-unsaturated/α-hetero) is 1. The molecule has 0 atom stereocenters. The van der Waals surface area contributed by atoms with Gasteiger partial charge < -0.3 is 4.90 Å². The van der Waals surface area contributed by atoms with Gasteiger partial charge in [-0.15, -0.1) is 0 Å². The molecule has 0 aromatic rings. The average molecular weight is 195 g/mol. The summed E-state index contributed by atoms with van der Waals surface area (Å²) in [6.07, 6.45) is 4.66. The zero-order chi connectivity index (χ0) is 10.2. The molecular weight excluding hydrogens is 178 g/mol. The molecule has 0 aromatic heterocycles. The largest absolute Gasteiger partial charge is 0.343 e. The van der Waals surface area contributed by atoms with Crippen LogP contribution in [0.25, 0.3) is 0 Å². The molecular formula is C11H17NO2. The first-order chi connectivity index (χ1) is 6.64. The number of ketones is 1. The Bertz CT molecular complexity index is 264.